The van der Waals surface area contributed by atoms with Gasteiger partial charge in [-0.15, -0.1) is 0 Å². The van der Waals surface area contributed by atoms with Gasteiger partial charge in [0.15, 0.2) is 0 Å². The number of aromatic nitrogens is 2. The van der Waals surface area contributed by atoms with Crippen molar-refractivity contribution in [2.24, 2.45) is 11.8 Å². The maximum Gasteiger partial charge on any atom is 0.134 e. The molecule has 1 aliphatic carbocycles. The highest BCUT2D eigenvalue weighted by molar-refractivity contribution is 6.29. The van der Waals surface area contributed by atoms with Gasteiger partial charge in [-0.3, -0.25) is 0 Å². The molecule has 1 saturated carbocycles. The summed E-state index contributed by atoms with van der Waals surface area (Å²) in [5, 5.41) is 4.01. The summed E-state index contributed by atoms with van der Waals surface area (Å²) in [5.41, 5.74) is 0. The topological polar surface area (TPSA) is 37.8 Å². The molecule has 4 heteroatoms. The molecule has 0 aliphatic heterocycles. The van der Waals surface area contributed by atoms with Crippen LogP contribution in [0.5, 0.6) is 0 Å². The number of nitrogens with zero attached hydrogens (tertiary/aromatic N) is 2. The first kappa shape index (κ1) is 12.6. The van der Waals surface area contributed by atoms with Gasteiger partial charge in [-0.2, -0.15) is 0 Å². The van der Waals surface area contributed by atoms with Crippen LogP contribution in [0.1, 0.15) is 38.9 Å². The van der Waals surface area contributed by atoms with Gasteiger partial charge in [0, 0.05) is 12.1 Å². The molecule has 0 aromatic carbocycles. The number of aryl methyl sites for hydroxylation is 1. The molecule has 3 atom stereocenters. The second-order valence-electron chi connectivity index (χ2n) is 4.98. The zero-order chi connectivity index (χ0) is 12.4. The highest BCUT2D eigenvalue weighted by Crippen LogP contribution is 2.35. The van der Waals surface area contributed by atoms with Crippen LogP contribution in [-0.2, 0) is 0 Å². The molecule has 0 saturated heterocycles. The average molecular weight is 254 g/mol. The monoisotopic (exact) mass is 253 g/mol. The summed E-state index contributed by atoms with van der Waals surface area (Å²) in [6, 6.07) is 2.32. The van der Waals surface area contributed by atoms with Crippen LogP contribution in [0.15, 0.2) is 6.07 Å². The lowest BCUT2D eigenvalue weighted by Crippen LogP contribution is -2.25. The number of hydrogen-bond donors (Lipinski definition) is 1. The molecule has 94 valence electrons. The van der Waals surface area contributed by atoms with Gasteiger partial charge in [-0.1, -0.05) is 31.9 Å². The first-order valence-electron chi connectivity index (χ1n) is 6.38. The minimum absolute atomic E-state index is 0.512. The lowest BCUT2D eigenvalue weighted by molar-refractivity contribution is 0.391. The molecular formula is C13H20ClN3. The van der Waals surface area contributed by atoms with Crippen molar-refractivity contribution in [3.05, 3.63) is 17.0 Å². The number of nitrogens with one attached hydrogen (secondary N) is 1. The van der Waals surface area contributed by atoms with Gasteiger partial charge >= 0.3 is 0 Å². The summed E-state index contributed by atoms with van der Waals surface area (Å²) >= 11 is 5.94. The second kappa shape index (κ2) is 5.21. The van der Waals surface area contributed by atoms with Gasteiger partial charge in [0.05, 0.1) is 0 Å². The smallest absolute Gasteiger partial charge is 0.134 e. The van der Waals surface area contributed by atoms with E-state index in [-0.39, 0.29) is 0 Å². The Labute approximate surface area is 108 Å². The van der Waals surface area contributed by atoms with Crippen molar-refractivity contribution in [3.63, 3.8) is 0 Å². The van der Waals surface area contributed by atoms with E-state index in [1.165, 1.54) is 19.3 Å². The Bertz CT molecular complexity index is 374. The van der Waals surface area contributed by atoms with E-state index in [9.17, 15) is 0 Å². The highest BCUT2D eigenvalue weighted by atomic mass is 35.5. The van der Waals surface area contributed by atoms with Gasteiger partial charge in [0.1, 0.15) is 16.8 Å². The van der Waals surface area contributed by atoms with Crippen LogP contribution in [0.2, 0.25) is 5.15 Å². The largest absolute Gasteiger partial charge is 0.367 e. The Kier molecular flexibility index (Phi) is 3.87. The number of rotatable bonds is 3. The molecule has 1 aromatic rings. The van der Waals surface area contributed by atoms with Crippen molar-refractivity contribution < 1.29 is 0 Å². The first-order valence-corrected chi connectivity index (χ1v) is 6.75. The lowest BCUT2D eigenvalue weighted by atomic mass is 9.93. The Morgan fingerprint density at radius 1 is 1.41 bits per heavy atom. The molecule has 0 bridgehead atoms. The fraction of sp³-hybridized carbons (Fsp3) is 0.692. The summed E-state index contributed by atoms with van der Waals surface area (Å²) in [4.78, 5) is 8.45. The van der Waals surface area contributed by atoms with Crippen LogP contribution in [0.3, 0.4) is 0 Å². The second-order valence-corrected chi connectivity index (χ2v) is 5.37. The van der Waals surface area contributed by atoms with Crippen molar-refractivity contribution in [1.82, 2.24) is 9.97 Å². The summed E-state index contributed by atoms with van der Waals surface area (Å²) in [7, 11) is 0. The maximum atomic E-state index is 5.94. The lowest BCUT2D eigenvalue weighted by Gasteiger charge is -2.21. The van der Waals surface area contributed by atoms with Crippen LogP contribution >= 0.6 is 11.6 Å². The van der Waals surface area contributed by atoms with Crippen LogP contribution in [0.25, 0.3) is 0 Å². The van der Waals surface area contributed by atoms with Crippen LogP contribution in [-0.4, -0.2) is 16.0 Å². The first-order chi connectivity index (χ1) is 8.10. The zero-order valence-corrected chi connectivity index (χ0v) is 11.5. The van der Waals surface area contributed by atoms with Gasteiger partial charge in [0.25, 0.3) is 0 Å². The maximum absolute atomic E-state index is 5.94. The van der Waals surface area contributed by atoms with E-state index in [1.807, 2.05) is 6.92 Å². The molecule has 3 nitrogen and oxygen atoms in total. The Hall–Kier alpha value is -0.830. The van der Waals surface area contributed by atoms with Gasteiger partial charge < -0.3 is 5.32 Å². The van der Waals surface area contributed by atoms with Crippen molar-refractivity contribution in [2.75, 3.05) is 5.32 Å². The molecule has 0 amide bonds. The molecular weight excluding hydrogens is 234 g/mol. The fourth-order valence-corrected chi connectivity index (χ4v) is 3.05. The SMILES string of the molecule is CCC1CCC(Nc2cc(Cl)nc(C)n2)C1C. The molecule has 1 aromatic heterocycles. The Morgan fingerprint density at radius 3 is 2.76 bits per heavy atom. The van der Waals surface area contributed by atoms with Crippen molar-refractivity contribution in [3.8, 4) is 0 Å². The summed E-state index contributed by atoms with van der Waals surface area (Å²) < 4.78 is 0. The van der Waals surface area contributed by atoms with Gasteiger partial charge in [0.2, 0.25) is 0 Å². The predicted molar refractivity (Wildman–Crippen MR) is 71.4 cm³/mol. The van der Waals surface area contributed by atoms with E-state index in [0.29, 0.717) is 17.1 Å². The fourth-order valence-electron chi connectivity index (χ4n) is 2.82. The van der Waals surface area contributed by atoms with Crippen molar-refractivity contribution in [2.45, 2.75) is 46.1 Å². The van der Waals surface area contributed by atoms with Gasteiger partial charge in [-0.25, -0.2) is 9.97 Å². The standard InChI is InChI=1S/C13H20ClN3/c1-4-10-5-6-11(8(10)2)17-13-7-12(14)15-9(3)16-13/h7-8,10-11H,4-6H2,1-3H3,(H,15,16,17). The van der Waals surface area contributed by atoms with Crippen molar-refractivity contribution in [1.29, 1.82) is 0 Å². The highest BCUT2D eigenvalue weighted by Gasteiger charge is 2.31. The van der Waals surface area contributed by atoms with E-state index in [2.05, 4.69) is 29.1 Å². The molecule has 1 N–H and O–H groups in total. The van der Waals surface area contributed by atoms with Crippen LogP contribution in [0, 0.1) is 18.8 Å². The summed E-state index contributed by atoms with van der Waals surface area (Å²) in [5.74, 6) is 3.12. The number of anilines is 1. The average Bonchev–Trinajstić information content (AvgIpc) is 2.58. The third-order valence-electron chi connectivity index (χ3n) is 3.89. The molecule has 1 fully saturated rings. The molecule has 0 spiro atoms. The summed E-state index contributed by atoms with van der Waals surface area (Å²) in [6.45, 7) is 6.47. The normalized spacial score (nSPS) is 28.4. The van der Waals surface area contributed by atoms with E-state index in [0.717, 1.165) is 17.6 Å². The minimum Gasteiger partial charge on any atom is -0.367 e. The molecule has 2 rings (SSSR count). The van der Waals surface area contributed by atoms with E-state index in [4.69, 9.17) is 11.6 Å². The molecule has 1 heterocycles. The Balaban J connectivity index is 2.06. The van der Waals surface area contributed by atoms with E-state index in [1.54, 1.807) is 6.07 Å². The van der Waals surface area contributed by atoms with Crippen molar-refractivity contribution >= 4 is 17.4 Å². The molecule has 1 aliphatic rings. The predicted octanol–water partition coefficient (Wildman–Crippen LogP) is 3.68. The third kappa shape index (κ3) is 2.89. The van der Waals surface area contributed by atoms with Crippen LogP contribution < -0.4 is 5.32 Å². The number of halogens is 1. The molecule has 0 radical (unpaired) electrons. The van der Waals surface area contributed by atoms with E-state index < -0.39 is 0 Å². The third-order valence-corrected chi connectivity index (χ3v) is 4.08. The molecule has 17 heavy (non-hydrogen) atoms. The number of hydrogen-bond acceptors (Lipinski definition) is 3. The Morgan fingerprint density at radius 2 is 2.18 bits per heavy atom. The van der Waals surface area contributed by atoms with Crippen LogP contribution in [0.4, 0.5) is 5.82 Å². The summed E-state index contributed by atoms with van der Waals surface area (Å²) in [6.07, 6.45) is 3.80. The van der Waals surface area contributed by atoms with E-state index >= 15 is 0 Å². The zero-order valence-electron chi connectivity index (χ0n) is 10.7. The molecule has 3 unspecified atom stereocenters. The van der Waals surface area contributed by atoms with Gasteiger partial charge in [-0.05, 0) is 31.6 Å². The minimum atomic E-state index is 0.512. The quantitative estimate of drug-likeness (QED) is 0.836.